The molecular weight excluding hydrogens is 356 g/mol. The summed E-state index contributed by atoms with van der Waals surface area (Å²) in [5.74, 6) is 0.379. The maximum absolute atomic E-state index is 13.0. The van der Waals surface area contributed by atoms with Crippen molar-refractivity contribution in [2.45, 2.75) is 39.5 Å². The minimum absolute atomic E-state index is 0.0245. The number of fused-ring (bicyclic) bond motifs is 1. The van der Waals surface area contributed by atoms with Gasteiger partial charge in [-0.1, -0.05) is 25.1 Å². The van der Waals surface area contributed by atoms with Gasteiger partial charge < -0.3 is 9.80 Å². The van der Waals surface area contributed by atoms with E-state index in [0.717, 1.165) is 42.8 Å². The van der Waals surface area contributed by atoms with Crippen molar-refractivity contribution >= 4 is 28.8 Å². The highest BCUT2D eigenvalue weighted by Crippen LogP contribution is 2.31. The van der Waals surface area contributed by atoms with Crippen molar-refractivity contribution in [2.75, 3.05) is 24.5 Å². The number of para-hydroxylation sites is 1. The van der Waals surface area contributed by atoms with Crippen LogP contribution < -0.4 is 4.90 Å². The van der Waals surface area contributed by atoms with Gasteiger partial charge in [0.2, 0.25) is 5.91 Å². The molecule has 27 heavy (non-hydrogen) atoms. The second-order valence-corrected chi connectivity index (χ2v) is 8.64. The lowest BCUT2D eigenvalue weighted by Gasteiger charge is -2.33. The Morgan fingerprint density at radius 2 is 1.89 bits per heavy atom. The number of carbonyl (C=O) groups excluding carboxylic acids is 2. The summed E-state index contributed by atoms with van der Waals surface area (Å²) in [6, 6.07) is 10.2. The van der Waals surface area contributed by atoms with Crippen molar-refractivity contribution in [3.8, 4) is 0 Å². The van der Waals surface area contributed by atoms with Crippen LogP contribution in [0.1, 0.15) is 45.4 Å². The fourth-order valence-electron chi connectivity index (χ4n) is 4.25. The lowest BCUT2D eigenvalue weighted by molar-refractivity contribution is -0.123. The second-order valence-electron chi connectivity index (χ2n) is 7.51. The first kappa shape index (κ1) is 18.2. The summed E-state index contributed by atoms with van der Waals surface area (Å²) in [6.45, 7) is 6.32. The molecule has 0 aliphatic carbocycles. The molecule has 3 heterocycles. The van der Waals surface area contributed by atoms with Crippen molar-refractivity contribution in [1.29, 1.82) is 0 Å². The molecule has 2 aliphatic rings. The number of likely N-dealkylation sites (tertiary alicyclic amines) is 1. The molecule has 0 N–H and O–H groups in total. The molecular formula is C22H26N2O2S. The third-order valence-electron chi connectivity index (χ3n) is 5.84. The van der Waals surface area contributed by atoms with E-state index in [1.54, 1.807) is 11.3 Å². The highest BCUT2D eigenvalue weighted by atomic mass is 32.1. The number of rotatable bonds is 3. The van der Waals surface area contributed by atoms with Crippen molar-refractivity contribution in [3.63, 3.8) is 0 Å². The molecule has 4 nitrogen and oxygen atoms in total. The van der Waals surface area contributed by atoms with E-state index in [4.69, 9.17) is 0 Å². The second kappa shape index (κ2) is 7.47. The zero-order valence-corrected chi connectivity index (χ0v) is 16.8. The van der Waals surface area contributed by atoms with Gasteiger partial charge in [0.1, 0.15) is 0 Å². The topological polar surface area (TPSA) is 40.6 Å². The highest BCUT2D eigenvalue weighted by Gasteiger charge is 2.33. The molecule has 2 aliphatic heterocycles. The van der Waals surface area contributed by atoms with Crippen LogP contribution in [0.3, 0.4) is 0 Å². The van der Waals surface area contributed by atoms with E-state index in [2.05, 4.69) is 19.9 Å². The van der Waals surface area contributed by atoms with Crippen LogP contribution in [-0.2, 0) is 17.6 Å². The van der Waals surface area contributed by atoms with Gasteiger partial charge in [-0.15, -0.1) is 11.3 Å². The number of hydrogen-bond acceptors (Lipinski definition) is 3. The molecule has 0 bridgehead atoms. The highest BCUT2D eigenvalue weighted by molar-refractivity contribution is 7.14. The lowest BCUT2D eigenvalue weighted by atomic mass is 9.95. The average molecular weight is 383 g/mol. The number of amides is 2. The molecule has 0 spiro atoms. The smallest absolute Gasteiger partial charge is 0.263 e. The number of thiophene rings is 1. The van der Waals surface area contributed by atoms with E-state index in [9.17, 15) is 9.59 Å². The summed E-state index contributed by atoms with van der Waals surface area (Å²) in [6.07, 6.45) is 3.43. The standard InChI is InChI=1S/C22H26N2O2S/c1-3-19-15(2)14-20(27-19)22(26)23-11-8-17(9-12-23)21(25)24-13-10-16-6-4-5-7-18(16)24/h4-7,14,17H,3,8-13H2,1-2H3. The van der Waals surface area contributed by atoms with Gasteiger partial charge in [-0.2, -0.15) is 0 Å². The summed E-state index contributed by atoms with van der Waals surface area (Å²) >= 11 is 1.61. The van der Waals surface area contributed by atoms with Gasteiger partial charge in [-0.25, -0.2) is 0 Å². The Kier molecular flexibility index (Phi) is 5.04. The summed E-state index contributed by atoms with van der Waals surface area (Å²) in [5, 5.41) is 0. The summed E-state index contributed by atoms with van der Waals surface area (Å²) < 4.78 is 0. The van der Waals surface area contributed by atoms with Gasteiger partial charge in [0, 0.05) is 36.1 Å². The Balaban J connectivity index is 1.39. The summed E-state index contributed by atoms with van der Waals surface area (Å²) in [7, 11) is 0. The van der Waals surface area contributed by atoms with Gasteiger partial charge in [-0.05, 0) is 55.9 Å². The SMILES string of the molecule is CCc1sc(C(=O)N2CCC(C(=O)N3CCc4ccccc43)CC2)cc1C. The number of anilines is 1. The van der Waals surface area contributed by atoms with Crippen molar-refractivity contribution in [2.24, 2.45) is 5.92 Å². The third kappa shape index (κ3) is 3.41. The van der Waals surface area contributed by atoms with E-state index in [1.807, 2.05) is 34.1 Å². The molecule has 142 valence electrons. The molecule has 2 aromatic rings. The number of hydrogen-bond donors (Lipinski definition) is 0. The zero-order valence-electron chi connectivity index (χ0n) is 16.0. The Morgan fingerprint density at radius 3 is 2.59 bits per heavy atom. The van der Waals surface area contributed by atoms with Crippen LogP contribution >= 0.6 is 11.3 Å². The van der Waals surface area contributed by atoms with Crippen LogP contribution in [0, 0.1) is 12.8 Å². The average Bonchev–Trinajstić information content (AvgIpc) is 3.30. The molecule has 0 saturated carbocycles. The van der Waals surface area contributed by atoms with Crippen molar-refractivity contribution < 1.29 is 9.59 Å². The first-order valence-electron chi connectivity index (χ1n) is 9.86. The van der Waals surface area contributed by atoms with Gasteiger partial charge in [0.15, 0.2) is 0 Å². The Bertz CT molecular complexity index is 865. The maximum Gasteiger partial charge on any atom is 0.263 e. The van der Waals surface area contributed by atoms with Crippen LogP contribution in [0.2, 0.25) is 0 Å². The van der Waals surface area contributed by atoms with Crippen LogP contribution in [0.5, 0.6) is 0 Å². The first-order chi connectivity index (χ1) is 13.1. The van der Waals surface area contributed by atoms with Gasteiger partial charge in [0.05, 0.1) is 4.88 Å². The summed E-state index contributed by atoms with van der Waals surface area (Å²) in [5.41, 5.74) is 3.55. The van der Waals surface area contributed by atoms with Crippen LogP contribution in [0.15, 0.2) is 30.3 Å². The van der Waals surface area contributed by atoms with Crippen LogP contribution in [0.25, 0.3) is 0 Å². The predicted octanol–water partition coefficient (Wildman–Crippen LogP) is 4.06. The van der Waals surface area contributed by atoms with E-state index in [1.165, 1.54) is 16.0 Å². The minimum Gasteiger partial charge on any atom is -0.338 e. The minimum atomic E-state index is 0.0245. The number of carbonyl (C=O) groups is 2. The molecule has 0 atom stereocenters. The van der Waals surface area contributed by atoms with Gasteiger partial charge >= 0.3 is 0 Å². The van der Waals surface area contributed by atoms with Crippen molar-refractivity contribution in [1.82, 2.24) is 4.90 Å². The van der Waals surface area contributed by atoms with E-state index < -0.39 is 0 Å². The van der Waals surface area contributed by atoms with Crippen LogP contribution in [-0.4, -0.2) is 36.3 Å². The molecule has 1 fully saturated rings. The number of nitrogens with zero attached hydrogens (tertiary/aromatic N) is 2. The number of piperidine rings is 1. The Morgan fingerprint density at radius 1 is 1.15 bits per heavy atom. The van der Waals surface area contributed by atoms with E-state index in [-0.39, 0.29) is 17.7 Å². The van der Waals surface area contributed by atoms with E-state index in [0.29, 0.717) is 13.1 Å². The summed E-state index contributed by atoms with van der Waals surface area (Å²) in [4.78, 5) is 31.8. The third-order valence-corrected chi connectivity index (χ3v) is 7.21. The molecule has 0 radical (unpaired) electrons. The lowest BCUT2D eigenvalue weighted by Crippen LogP contribution is -2.44. The molecule has 2 amide bonds. The largest absolute Gasteiger partial charge is 0.338 e. The van der Waals surface area contributed by atoms with Crippen LogP contribution in [0.4, 0.5) is 5.69 Å². The maximum atomic E-state index is 13.0. The van der Waals surface area contributed by atoms with Gasteiger partial charge in [0.25, 0.3) is 5.91 Å². The monoisotopic (exact) mass is 382 g/mol. The number of aryl methyl sites for hydroxylation is 2. The Hall–Kier alpha value is -2.14. The Labute approximate surface area is 164 Å². The normalized spacial score (nSPS) is 17.3. The molecule has 1 aromatic carbocycles. The molecule has 5 heteroatoms. The molecule has 4 rings (SSSR count). The molecule has 0 unspecified atom stereocenters. The number of benzene rings is 1. The van der Waals surface area contributed by atoms with Crippen molar-refractivity contribution in [3.05, 3.63) is 51.2 Å². The molecule has 1 aromatic heterocycles. The zero-order chi connectivity index (χ0) is 19.0. The fraction of sp³-hybridized carbons (Fsp3) is 0.455. The van der Waals surface area contributed by atoms with E-state index >= 15 is 0 Å². The predicted molar refractivity (Wildman–Crippen MR) is 110 cm³/mol. The molecule has 1 saturated heterocycles. The fourth-order valence-corrected chi connectivity index (χ4v) is 5.33. The quantitative estimate of drug-likeness (QED) is 0.803. The first-order valence-corrected chi connectivity index (χ1v) is 10.7. The van der Waals surface area contributed by atoms with Gasteiger partial charge in [-0.3, -0.25) is 9.59 Å².